The summed E-state index contributed by atoms with van der Waals surface area (Å²) in [4.78, 5) is 20.0. The number of thiazole rings is 1. The van der Waals surface area contributed by atoms with Crippen molar-refractivity contribution in [1.29, 1.82) is 0 Å². The third kappa shape index (κ3) is 2.23. The van der Waals surface area contributed by atoms with Gasteiger partial charge in [-0.15, -0.1) is 11.3 Å². The van der Waals surface area contributed by atoms with Gasteiger partial charge in [-0.1, -0.05) is 6.07 Å². The van der Waals surface area contributed by atoms with Gasteiger partial charge >= 0.3 is 5.97 Å². The number of carboxylic acids is 1. The molecule has 3 aromatic heterocycles. The number of hydrogen-bond donors (Lipinski definition) is 2. The van der Waals surface area contributed by atoms with Gasteiger partial charge < -0.3 is 10.4 Å². The van der Waals surface area contributed by atoms with Crippen LogP contribution >= 0.6 is 11.3 Å². The Balaban J connectivity index is 1.94. The van der Waals surface area contributed by atoms with Crippen LogP contribution in [0, 0.1) is 6.92 Å². The molecule has 0 atom stereocenters. The topological polar surface area (TPSA) is 79.5 Å². The lowest BCUT2D eigenvalue weighted by Crippen LogP contribution is -2.08. The van der Waals surface area contributed by atoms with Crippen LogP contribution in [-0.2, 0) is 6.54 Å². The fourth-order valence-corrected chi connectivity index (χ4v) is 2.60. The number of carbonyl (C=O) groups is 1. The second kappa shape index (κ2) is 4.93. The van der Waals surface area contributed by atoms with E-state index in [9.17, 15) is 9.90 Å². The van der Waals surface area contributed by atoms with Gasteiger partial charge in [-0.3, -0.25) is 4.40 Å². The number of hydrogen-bond acceptors (Lipinski definition) is 5. The van der Waals surface area contributed by atoms with Gasteiger partial charge in [0.15, 0.2) is 11.5 Å². The number of fused-ring (bicyclic) bond motifs is 1. The van der Waals surface area contributed by atoms with Crippen LogP contribution in [0.15, 0.2) is 29.8 Å². The third-order valence-corrected chi connectivity index (χ3v) is 3.66. The van der Waals surface area contributed by atoms with E-state index in [1.807, 2.05) is 18.4 Å². The number of imidazole rings is 1. The van der Waals surface area contributed by atoms with Gasteiger partial charge in [0.2, 0.25) is 0 Å². The smallest absolute Gasteiger partial charge is 0.356 e. The number of anilines is 1. The summed E-state index contributed by atoms with van der Waals surface area (Å²) in [5.74, 6) is -0.657. The largest absolute Gasteiger partial charge is 0.476 e. The molecule has 0 saturated heterocycles. The van der Waals surface area contributed by atoms with Gasteiger partial charge in [-0.2, -0.15) is 0 Å². The summed E-state index contributed by atoms with van der Waals surface area (Å²) in [7, 11) is 0. The molecule has 0 fully saturated rings. The van der Waals surface area contributed by atoms with Crippen LogP contribution in [0.2, 0.25) is 0 Å². The number of nitrogens with zero attached hydrogens (tertiary/aromatic N) is 3. The average molecular weight is 288 g/mol. The number of nitrogens with one attached hydrogen (secondary N) is 1. The van der Waals surface area contributed by atoms with Crippen molar-refractivity contribution in [3.8, 4) is 0 Å². The zero-order valence-corrected chi connectivity index (χ0v) is 11.5. The van der Waals surface area contributed by atoms with Crippen LogP contribution in [-0.4, -0.2) is 25.4 Å². The van der Waals surface area contributed by atoms with E-state index in [1.165, 1.54) is 0 Å². The molecule has 0 aliphatic heterocycles. The fraction of sp³-hybridized carbons (Fsp3) is 0.154. The molecule has 20 heavy (non-hydrogen) atoms. The zero-order valence-electron chi connectivity index (χ0n) is 10.7. The molecule has 0 aromatic carbocycles. The standard InChI is InChI=1S/C13H12N4O2S/c1-8-15-9(7-20-8)6-14-12-11(13(18)19)17-5-3-2-4-10(17)16-12/h2-5,7,14H,6H2,1H3,(H,18,19). The summed E-state index contributed by atoms with van der Waals surface area (Å²) in [5.41, 5.74) is 1.61. The molecule has 0 radical (unpaired) electrons. The summed E-state index contributed by atoms with van der Waals surface area (Å²) in [6, 6.07) is 5.36. The van der Waals surface area contributed by atoms with Crippen LogP contribution in [0.5, 0.6) is 0 Å². The Labute approximate surface area is 118 Å². The highest BCUT2D eigenvalue weighted by molar-refractivity contribution is 7.09. The van der Waals surface area contributed by atoms with E-state index in [4.69, 9.17) is 0 Å². The first-order chi connectivity index (χ1) is 9.65. The van der Waals surface area contributed by atoms with E-state index in [1.54, 1.807) is 34.1 Å². The van der Waals surface area contributed by atoms with E-state index in [2.05, 4.69) is 15.3 Å². The van der Waals surface area contributed by atoms with E-state index in [0.717, 1.165) is 10.7 Å². The molecular formula is C13H12N4O2S. The summed E-state index contributed by atoms with van der Waals surface area (Å²) < 4.78 is 1.55. The van der Waals surface area contributed by atoms with Gasteiger partial charge in [0.25, 0.3) is 0 Å². The molecule has 3 heterocycles. The predicted octanol–water partition coefficient (Wildman–Crippen LogP) is 2.41. The maximum absolute atomic E-state index is 11.4. The molecule has 2 N–H and O–H groups in total. The van der Waals surface area contributed by atoms with E-state index in [0.29, 0.717) is 18.0 Å². The SMILES string of the molecule is Cc1nc(CNc2nc3ccccn3c2C(=O)O)cs1. The van der Waals surface area contributed by atoms with Crippen LogP contribution < -0.4 is 5.32 Å². The molecule has 0 unspecified atom stereocenters. The van der Waals surface area contributed by atoms with Crippen LogP contribution in [0.3, 0.4) is 0 Å². The maximum Gasteiger partial charge on any atom is 0.356 e. The minimum absolute atomic E-state index is 0.132. The number of rotatable bonds is 4. The van der Waals surface area contributed by atoms with Crippen molar-refractivity contribution in [2.75, 3.05) is 5.32 Å². The Hall–Kier alpha value is -2.41. The number of aryl methyl sites for hydroxylation is 1. The van der Waals surface area contributed by atoms with Gasteiger partial charge in [0.05, 0.1) is 17.2 Å². The Bertz CT molecular complexity index is 778. The Morgan fingerprint density at radius 1 is 1.45 bits per heavy atom. The molecule has 0 amide bonds. The minimum atomic E-state index is -1.01. The lowest BCUT2D eigenvalue weighted by molar-refractivity contribution is 0.0690. The number of pyridine rings is 1. The van der Waals surface area contributed by atoms with Crippen molar-refractivity contribution in [2.45, 2.75) is 13.5 Å². The van der Waals surface area contributed by atoms with Crippen LogP contribution in [0.25, 0.3) is 5.65 Å². The summed E-state index contributed by atoms with van der Waals surface area (Å²) in [6.45, 7) is 2.39. The molecule has 0 saturated carbocycles. The molecule has 3 rings (SSSR count). The molecule has 102 valence electrons. The quantitative estimate of drug-likeness (QED) is 0.770. The highest BCUT2D eigenvalue weighted by atomic mass is 32.1. The molecule has 0 aliphatic rings. The van der Waals surface area contributed by atoms with Crippen molar-refractivity contribution < 1.29 is 9.90 Å². The number of carboxylic acid groups (broad SMARTS) is 1. The summed E-state index contributed by atoms with van der Waals surface area (Å²) in [5, 5.41) is 15.3. The van der Waals surface area contributed by atoms with Gasteiger partial charge in [-0.25, -0.2) is 14.8 Å². The van der Waals surface area contributed by atoms with Gasteiger partial charge in [0.1, 0.15) is 5.65 Å². The van der Waals surface area contributed by atoms with Gasteiger partial charge in [0, 0.05) is 11.6 Å². The highest BCUT2D eigenvalue weighted by Gasteiger charge is 2.18. The second-order valence-corrected chi connectivity index (χ2v) is 5.32. The Morgan fingerprint density at radius 3 is 3.00 bits per heavy atom. The first-order valence-corrected chi connectivity index (χ1v) is 6.88. The highest BCUT2D eigenvalue weighted by Crippen LogP contribution is 2.18. The monoisotopic (exact) mass is 288 g/mol. The zero-order chi connectivity index (χ0) is 14.1. The van der Waals surface area contributed by atoms with Crippen LogP contribution in [0.1, 0.15) is 21.2 Å². The predicted molar refractivity (Wildman–Crippen MR) is 76.3 cm³/mol. The maximum atomic E-state index is 11.4. The molecule has 0 aliphatic carbocycles. The van der Waals surface area contributed by atoms with Gasteiger partial charge in [-0.05, 0) is 19.1 Å². The van der Waals surface area contributed by atoms with Crippen LogP contribution in [0.4, 0.5) is 5.82 Å². The molecular weight excluding hydrogens is 276 g/mol. The Morgan fingerprint density at radius 2 is 2.30 bits per heavy atom. The van der Waals surface area contributed by atoms with Crippen molar-refractivity contribution in [3.63, 3.8) is 0 Å². The third-order valence-electron chi connectivity index (χ3n) is 2.84. The van der Waals surface area contributed by atoms with E-state index >= 15 is 0 Å². The normalized spacial score (nSPS) is 10.8. The minimum Gasteiger partial charge on any atom is -0.476 e. The molecule has 7 heteroatoms. The lowest BCUT2D eigenvalue weighted by atomic mass is 10.4. The van der Waals surface area contributed by atoms with Crippen molar-refractivity contribution in [2.24, 2.45) is 0 Å². The first-order valence-electron chi connectivity index (χ1n) is 6.00. The number of aromatic nitrogens is 3. The second-order valence-electron chi connectivity index (χ2n) is 4.25. The molecule has 0 bridgehead atoms. The van der Waals surface area contributed by atoms with Crippen molar-refractivity contribution in [1.82, 2.24) is 14.4 Å². The van der Waals surface area contributed by atoms with Crippen molar-refractivity contribution >= 4 is 28.8 Å². The first kappa shape index (κ1) is 12.6. The van der Waals surface area contributed by atoms with E-state index < -0.39 is 5.97 Å². The van der Waals surface area contributed by atoms with Crippen molar-refractivity contribution in [3.05, 3.63) is 46.2 Å². The fourth-order valence-electron chi connectivity index (χ4n) is 1.99. The summed E-state index contributed by atoms with van der Waals surface area (Å²) >= 11 is 1.56. The average Bonchev–Trinajstić information content (AvgIpc) is 2.99. The molecule has 0 spiro atoms. The van der Waals surface area contributed by atoms with E-state index in [-0.39, 0.29) is 5.69 Å². The Kier molecular flexibility index (Phi) is 3.11. The number of aromatic carboxylic acids is 1. The molecule has 6 nitrogen and oxygen atoms in total. The molecule has 3 aromatic rings. The summed E-state index contributed by atoms with van der Waals surface area (Å²) in [6.07, 6.45) is 1.68. The lowest BCUT2D eigenvalue weighted by Gasteiger charge is -2.02.